The lowest BCUT2D eigenvalue weighted by Crippen LogP contribution is -2.48. The van der Waals surface area contributed by atoms with Crippen LogP contribution in [0.3, 0.4) is 0 Å². The Kier molecular flexibility index (Phi) is 7.21. The van der Waals surface area contributed by atoms with E-state index in [9.17, 15) is 14.0 Å². The van der Waals surface area contributed by atoms with Crippen molar-refractivity contribution in [3.05, 3.63) is 48.0 Å². The van der Waals surface area contributed by atoms with Crippen LogP contribution in [0, 0.1) is 11.7 Å². The molecule has 1 aliphatic heterocycles. The van der Waals surface area contributed by atoms with Crippen molar-refractivity contribution in [2.75, 3.05) is 19.6 Å². The number of carbonyl (C=O) groups excluding carboxylic acids is 2. The van der Waals surface area contributed by atoms with E-state index in [1.807, 2.05) is 34.6 Å². The number of piperidine rings is 1. The Hall–Kier alpha value is -2.90. The topological polar surface area (TPSA) is 67.7 Å². The van der Waals surface area contributed by atoms with Crippen molar-refractivity contribution in [1.82, 2.24) is 19.6 Å². The van der Waals surface area contributed by atoms with Crippen LogP contribution in [0.4, 0.5) is 9.18 Å². The molecule has 0 saturated carbocycles. The molecular weight excluding hydrogens is 411 g/mol. The quantitative estimate of drug-likeness (QED) is 0.681. The summed E-state index contributed by atoms with van der Waals surface area (Å²) in [5.41, 5.74) is 0.326. The fourth-order valence-corrected chi connectivity index (χ4v) is 3.86. The number of hydrogen-bond acceptors (Lipinski definition) is 4. The molecule has 1 unspecified atom stereocenters. The van der Waals surface area contributed by atoms with E-state index < -0.39 is 5.60 Å². The molecule has 8 heteroatoms. The highest BCUT2D eigenvalue weighted by molar-refractivity contribution is 5.92. The number of carbonyl (C=O) groups is 2. The first-order valence-corrected chi connectivity index (χ1v) is 11.1. The third-order valence-electron chi connectivity index (χ3n) is 5.39. The van der Waals surface area contributed by atoms with Crippen molar-refractivity contribution in [3.8, 4) is 5.69 Å². The molecule has 1 aliphatic rings. The van der Waals surface area contributed by atoms with Gasteiger partial charge in [-0.05, 0) is 77.6 Å². The van der Waals surface area contributed by atoms with Gasteiger partial charge < -0.3 is 14.5 Å². The molecule has 1 aromatic carbocycles. The maximum Gasteiger partial charge on any atom is 0.410 e. The highest BCUT2D eigenvalue weighted by Gasteiger charge is 2.31. The molecule has 1 atom stereocenters. The molecule has 2 heterocycles. The molecule has 2 aromatic rings. The molecule has 0 aliphatic carbocycles. The van der Waals surface area contributed by atoms with Gasteiger partial charge in [-0.15, -0.1) is 0 Å². The lowest BCUT2D eigenvalue weighted by atomic mass is 9.96. The van der Waals surface area contributed by atoms with Gasteiger partial charge in [0, 0.05) is 31.9 Å². The minimum atomic E-state index is -0.556. The first kappa shape index (κ1) is 23.8. The van der Waals surface area contributed by atoms with Gasteiger partial charge in [0.1, 0.15) is 11.4 Å². The smallest absolute Gasteiger partial charge is 0.410 e. The number of amides is 2. The van der Waals surface area contributed by atoms with Crippen LogP contribution in [0.25, 0.3) is 5.69 Å². The molecule has 174 valence electrons. The molecule has 7 nitrogen and oxygen atoms in total. The van der Waals surface area contributed by atoms with E-state index in [0.29, 0.717) is 31.0 Å². The zero-order valence-electron chi connectivity index (χ0n) is 19.5. The Bertz CT molecular complexity index is 951. The van der Waals surface area contributed by atoms with Crippen molar-refractivity contribution in [3.63, 3.8) is 0 Å². The second-order valence-electron chi connectivity index (χ2n) is 9.61. The minimum Gasteiger partial charge on any atom is -0.444 e. The molecule has 0 radical (unpaired) electrons. The second-order valence-corrected chi connectivity index (χ2v) is 9.61. The van der Waals surface area contributed by atoms with Crippen LogP contribution in [-0.2, 0) is 4.74 Å². The van der Waals surface area contributed by atoms with Crippen LogP contribution in [0.15, 0.2) is 36.5 Å². The van der Waals surface area contributed by atoms with Crippen molar-refractivity contribution >= 4 is 12.0 Å². The standard InChI is InChI=1S/C24H33FN4O3/c1-17(2)28(23(31)32-24(3,4)5)16-18-8-7-12-27(15-18)22(30)21-11-13-29(26-21)20-10-6-9-19(25)14-20/h6,9-11,13-14,17-18H,7-8,12,15-16H2,1-5H3. The van der Waals surface area contributed by atoms with E-state index in [2.05, 4.69) is 5.10 Å². The zero-order valence-corrected chi connectivity index (χ0v) is 19.5. The second kappa shape index (κ2) is 9.71. The summed E-state index contributed by atoms with van der Waals surface area (Å²) < 4.78 is 20.6. The maximum absolute atomic E-state index is 13.5. The summed E-state index contributed by atoms with van der Waals surface area (Å²) in [6, 6.07) is 7.72. The minimum absolute atomic E-state index is 0.00195. The van der Waals surface area contributed by atoms with E-state index in [1.54, 1.807) is 34.2 Å². The Morgan fingerprint density at radius 3 is 2.69 bits per heavy atom. The molecule has 3 rings (SSSR count). The summed E-state index contributed by atoms with van der Waals surface area (Å²) in [7, 11) is 0. The molecule has 0 N–H and O–H groups in total. The summed E-state index contributed by atoms with van der Waals surface area (Å²) in [4.78, 5) is 29.3. The molecule has 1 aromatic heterocycles. The van der Waals surface area contributed by atoms with Crippen LogP contribution in [-0.4, -0.2) is 62.9 Å². The van der Waals surface area contributed by atoms with Gasteiger partial charge in [-0.3, -0.25) is 4.79 Å². The maximum atomic E-state index is 13.5. The van der Waals surface area contributed by atoms with Crippen molar-refractivity contribution < 1.29 is 18.7 Å². The molecular formula is C24H33FN4O3. The summed E-state index contributed by atoms with van der Waals surface area (Å²) in [6.07, 6.45) is 3.13. The van der Waals surface area contributed by atoms with Gasteiger partial charge >= 0.3 is 6.09 Å². The fraction of sp³-hybridized carbons (Fsp3) is 0.542. The van der Waals surface area contributed by atoms with E-state index in [-0.39, 0.29) is 29.8 Å². The largest absolute Gasteiger partial charge is 0.444 e. The molecule has 32 heavy (non-hydrogen) atoms. The van der Waals surface area contributed by atoms with E-state index in [1.165, 1.54) is 16.8 Å². The summed E-state index contributed by atoms with van der Waals surface area (Å²) in [6.45, 7) is 11.2. The van der Waals surface area contributed by atoms with Crippen LogP contribution in [0.5, 0.6) is 0 Å². The Morgan fingerprint density at radius 2 is 2.03 bits per heavy atom. The average molecular weight is 445 g/mol. The average Bonchev–Trinajstić information content (AvgIpc) is 3.20. The Morgan fingerprint density at radius 1 is 1.28 bits per heavy atom. The number of benzene rings is 1. The summed E-state index contributed by atoms with van der Waals surface area (Å²) in [5.74, 6) is -0.351. The van der Waals surface area contributed by atoms with E-state index in [4.69, 9.17) is 4.74 Å². The van der Waals surface area contributed by atoms with Crippen molar-refractivity contribution in [2.24, 2.45) is 5.92 Å². The molecule has 0 bridgehead atoms. The Labute approximate surface area is 189 Å². The number of ether oxygens (including phenoxy) is 1. The molecule has 1 fully saturated rings. The number of rotatable bonds is 5. The van der Waals surface area contributed by atoms with Crippen LogP contribution < -0.4 is 0 Å². The summed E-state index contributed by atoms with van der Waals surface area (Å²) in [5, 5.41) is 4.35. The molecule has 0 spiro atoms. The van der Waals surface area contributed by atoms with Gasteiger partial charge in [0.15, 0.2) is 5.69 Å². The van der Waals surface area contributed by atoms with E-state index in [0.717, 1.165) is 12.8 Å². The first-order valence-electron chi connectivity index (χ1n) is 11.1. The number of likely N-dealkylation sites (tertiary alicyclic amines) is 1. The number of halogens is 1. The van der Waals surface area contributed by atoms with Crippen LogP contribution in [0.2, 0.25) is 0 Å². The van der Waals surface area contributed by atoms with Gasteiger partial charge in [-0.2, -0.15) is 5.10 Å². The monoisotopic (exact) mass is 444 g/mol. The Balaban J connectivity index is 1.66. The van der Waals surface area contributed by atoms with Gasteiger partial charge in [-0.1, -0.05) is 6.07 Å². The lowest BCUT2D eigenvalue weighted by molar-refractivity contribution is 0.0123. The van der Waals surface area contributed by atoms with Crippen molar-refractivity contribution in [1.29, 1.82) is 0 Å². The number of nitrogens with zero attached hydrogens (tertiary/aromatic N) is 4. The lowest BCUT2D eigenvalue weighted by Gasteiger charge is -2.37. The van der Waals surface area contributed by atoms with Crippen molar-refractivity contribution in [2.45, 2.75) is 59.1 Å². The summed E-state index contributed by atoms with van der Waals surface area (Å²) >= 11 is 0. The van der Waals surface area contributed by atoms with Crippen LogP contribution in [0.1, 0.15) is 57.9 Å². The van der Waals surface area contributed by atoms with E-state index >= 15 is 0 Å². The number of aromatic nitrogens is 2. The highest BCUT2D eigenvalue weighted by atomic mass is 19.1. The highest BCUT2D eigenvalue weighted by Crippen LogP contribution is 2.22. The number of hydrogen-bond donors (Lipinski definition) is 0. The van der Waals surface area contributed by atoms with Gasteiger partial charge in [0.25, 0.3) is 5.91 Å². The molecule has 2 amide bonds. The van der Waals surface area contributed by atoms with Gasteiger partial charge in [0.05, 0.1) is 5.69 Å². The predicted octanol–water partition coefficient (Wildman–Crippen LogP) is 4.51. The third-order valence-corrected chi connectivity index (χ3v) is 5.39. The van der Waals surface area contributed by atoms with Crippen LogP contribution >= 0.6 is 0 Å². The molecule has 1 saturated heterocycles. The third kappa shape index (κ3) is 6.08. The predicted molar refractivity (Wildman–Crippen MR) is 120 cm³/mol. The normalized spacial score (nSPS) is 16.8. The fourth-order valence-electron chi connectivity index (χ4n) is 3.86. The SMILES string of the molecule is CC(C)N(CC1CCCN(C(=O)c2ccn(-c3cccc(F)c3)n2)C1)C(=O)OC(C)(C)C. The van der Waals surface area contributed by atoms with Gasteiger partial charge in [-0.25, -0.2) is 13.9 Å². The van der Waals surface area contributed by atoms with Gasteiger partial charge in [0.2, 0.25) is 0 Å². The first-order chi connectivity index (χ1) is 15.0. The zero-order chi connectivity index (χ0) is 23.5.